The largest absolute Gasteiger partial charge is 0.370 e. The number of nitrogens with two attached hydrogens (primary N) is 1. The highest BCUT2D eigenvalue weighted by Gasteiger charge is 2.35. The van der Waals surface area contributed by atoms with Crippen molar-refractivity contribution in [3.63, 3.8) is 0 Å². The maximum atomic E-state index is 7.16. The number of likely N-dealkylation sites (tertiary alicyclic amines) is 1. The summed E-state index contributed by atoms with van der Waals surface area (Å²) in [5, 5.41) is 10.7. The van der Waals surface area contributed by atoms with Crippen LogP contribution in [-0.4, -0.2) is 41.3 Å². The Morgan fingerprint density at radius 1 is 1.43 bits per heavy atom. The third-order valence-electron chi connectivity index (χ3n) is 3.17. The first-order valence-corrected chi connectivity index (χ1v) is 5.69. The van der Waals surface area contributed by atoms with Crippen LogP contribution in [0.15, 0.2) is 0 Å². The smallest absolute Gasteiger partial charge is 0.185 e. The second kappa shape index (κ2) is 3.98. The van der Waals surface area contributed by atoms with Crippen molar-refractivity contribution < 1.29 is 0 Å². The third kappa shape index (κ3) is 2.15. The summed E-state index contributed by atoms with van der Waals surface area (Å²) in [6, 6.07) is 1.10. The van der Waals surface area contributed by atoms with Gasteiger partial charge in [0.1, 0.15) is 0 Å². The van der Waals surface area contributed by atoms with Gasteiger partial charge in [-0.25, -0.2) is 0 Å². The van der Waals surface area contributed by atoms with Crippen molar-refractivity contribution in [1.29, 1.82) is 5.41 Å². The predicted molar refractivity (Wildman–Crippen MR) is 60.8 cm³/mol. The number of thiol groups is 1. The number of guanidine groups is 1. The van der Waals surface area contributed by atoms with E-state index >= 15 is 0 Å². The number of hydrogen-bond donors (Lipinski definition) is 4. The molecule has 0 radical (unpaired) electrons. The summed E-state index contributed by atoms with van der Waals surface area (Å²) >= 11 is 4.40. The maximum Gasteiger partial charge on any atom is 0.185 e. The number of nitrogens with zero attached hydrogens (tertiary/aromatic N) is 1. The Labute approximate surface area is 90.1 Å². The zero-order valence-corrected chi connectivity index (χ0v) is 9.13. The van der Waals surface area contributed by atoms with Gasteiger partial charge in [0, 0.05) is 30.4 Å². The van der Waals surface area contributed by atoms with E-state index in [-0.39, 0.29) is 5.96 Å². The second-order valence-electron chi connectivity index (χ2n) is 4.33. The molecule has 0 bridgehead atoms. The molecule has 5 heteroatoms. The Bertz CT molecular complexity index is 227. The van der Waals surface area contributed by atoms with Gasteiger partial charge in [0.2, 0.25) is 0 Å². The molecule has 2 fully saturated rings. The van der Waals surface area contributed by atoms with Crippen LogP contribution in [-0.2, 0) is 0 Å². The van der Waals surface area contributed by atoms with Crippen LogP contribution in [0.3, 0.4) is 0 Å². The highest BCUT2D eigenvalue weighted by atomic mass is 32.1. The molecule has 2 atom stereocenters. The van der Waals surface area contributed by atoms with Crippen LogP contribution in [0.25, 0.3) is 0 Å². The molecule has 4 N–H and O–H groups in total. The van der Waals surface area contributed by atoms with E-state index in [2.05, 4.69) is 22.8 Å². The fourth-order valence-corrected chi connectivity index (χ4v) is 2.85. The Balaban J connectivity index is 1.74. The monoisotopic (exact) mass is 214 g/mol. The van der Waals surface area contributed by atoms with Crippen molar-refractivity contribution in [3.8, 4) is 0 Å². The first kappa shape index (κ1) is 10.1. The van der Waals surface area contributed by atoms with Crippen LogP contribution in [0, 0.1) is 5.41 Å². The molecule has 2 aliphatic rings. The average molecular weight is 214 g/mol. The van der Waals surface area contributed by atoms with Crippen molar-refractivity contribution in [2.75, 3.05) is 13.1 Å². The van der Waals surface area contributed by atoms with Crippen LogP contribution in [0.4, 0.5) is 0 Å². The van der Waals surface area contributed by atoms with Gasteiger partial charge in [-0.2, -0.15) is 12.6 Å². The van der Waals surface area contributed by atoms with Crippen LogP contribution in [0.1, 0.15) is 19.3 Å². The quantitative estimate of drug-likeness (QED) is 0.297. The van der Waals surface area contributed by atoms with E-state index in [4.69, 9.17) is 11.1 Å². The summed E-state index contributed by atoms with van der Waals surface area (Å²) in [5.41, 5.74) is 5.31. The van der Waals surface area contributed by atoms with E-state index in [0.29, 0.717) is 17.3 Å². The summed E-state index contributed by atoms with van der Waals surface area (Å²) in [5.74, 6) is 0.103. The summed E-state index contributed by atoms with van der Waals surface area (Å²) in [4.78, 5) is 2.49. The van der Waals surface area contributed by atoms with Crippen molar-refractivity contribution in [3.05, 3.63) is 0 Å². The first-order valence-electron chi connectivity index (χ1n) is 5.18. The molecule has 0 aromatic heterocycles. The first-order chi connectivity index (χ1) is 6.65. The van der Waals surface area contributed by atoms with Gasteiger partial charge in [-0.3, -0.25) is 10.3 Å². The molecule has 80 valence electrons. The Morgan fingerprint density at radius 3 is 2.71 bits per heavy atom. The minimum Gasteiger partial charge on any atom is -0.370 e. The molecule has 0 aromatic carbocycles. The molecule has 0 unspecified atom stereocenters. The van der Waals surface area contributed by atoms with Gasteiger partial charge in [-0.15, -0.1) is 0 Å². The average Bonchev–Trinajstić information content (AvgIpc) is 2.46. The molecule has 1 aliphatic carbocycles. The van der Waals surface area contributed by atoms with Crippen molar-refractivity contribution in [2.24, 2.45) is 5.73 Å². The minimum absolute atomic E-state index is 0.103. The van der Waals surface area contributed by atoms with Crippen LogP contribution in [0.5, 0.6) is 0 Å². The summed E-state index contributed by atoms with van der Waals surface area (Å²) < 4.78 is 0. The van der Waals surface area contributed by atoms with Crippen LogP contribution >= 0.6 is 12.6 Å². The zero-order chi connectivity index (χ0) is 10.1. The van der Waals surface area contributed by atoms with Crippen molar-refractivity contribution in [1.82, 2.24) is 10.2 Å². The molecule has 0 spiro atoms. The zero-order valence-electron chi connectivity index (χ0n) is 8.24. The van der Waals surface area contributed by atoms with Crippen molar-refractivity contribution >= 4 is 18.6 Å². The molecule has 1 heterocycles. The van der Waals surface area contributed by atoms with Crippen LogP contribution in [0.2, 0.25) is 0 Å². The van der Waals surface area contributed by atoms with Gasteiger partial charge in [0.25, 0.3) is 0 Å². The second-order valence-corrected chi connectivity index (χ2v) is 5.06. The van der Waals surface area contributed by atoms with Crippen LogP contribution < -0.4 is 11.1 Å². The fraction of sp³-hybridized carbons (Fsp3) is 0.889. The lowest BCUT2D eigenvalue weighted by molar-refractivity contribution is 0.128. The third-order valence-corrected chi connectivity index (χ3v) is 3.50. The molecular weight excluding hydrogens is 196 g/mol. The predicted octanol–water partition coefficient (Wildman–Crippen LogP) is 0.00457. The molecule has 0 amide bonds. The summed E-state index contributed by atoms with van der Waals surface area (Å²) in [6.07, 6.45) is 3.49. The van der Waals surface area contributed by atoms with E-state index in [1.165, 1.54) is 6.42 Å². The van der Waals surface area contributed by atoms with E-state index in [0.717, 1.165) is 25.9 Å². The topological polar surface area (TPSA) is 65.1 Å². The molecule has 1 aliphatic heterocycles. The molecule has 14 heavy (non-hydrogen) atoms. The van der Waals surface area contributed by atoms with Crippen molar-refractivity contribution in [2.45, 2.75) is 36.6 Å². The maximum absolute atomic E-state index is 7.16. The van der Waals surface area contributed by atoms with E-state index in [9.17, 15) is 0 Å². The lowest BCUT2D eigenvalue weighted by atomic mass is 10.1. The van der Waals surface area contributed by atoms with E-state index in [1.807, 2.05) is 0 Å². The highest BCUT2D eigenvalue weighted by molar-refractivity contribution is 7.81. The standard InChI is InChI=1S/C9H18N4S/c10-9(11)12-6-1-2-7(3-6)13-4-8(14)5-13/h6-8,14H,1-5H2,(H4,10,11,12)/t6-,7+/m0/s1. The van der Waals surface area contributed by atoms with Gasteiger partial charge in [-0.05, 0) is 19.3 Å². The lowest BCUT2D eigenvalue weighted by Gasteiger charge is -2.41. The summed E-state index contributed by atoms with van der Waals surface area (Å²) in [6.45, 7) is 2.25. The Hall–Kier alpha value is -0.420. The van der Waals surface area contributed by atoms with Gasteiger partial charge in [-0.1, -0.05) is 0 Å². The number of rotatable bonds is 2. The number of nitrogens with one attached hydrogen (secondary N) is 2. The van der Waals surface area contributed by atoms with E-state index in [1.54, 1.807) is 0 Å². The van der Waals surface area contributed by atoms with Gasteiger partial charge in [0.15, 0.2) is 5.96 Å². The fourth-order valence-electron chi connectivity index (χ4n) is 2.43. The molecule has 1 saturated carbocycles. The normalized spacial score (nSPS) is 34.1. The highest BCUT2D eigenvalue weighted by Crippen LogP contribution is 2.28. The van der Waals surface area contributed by atoms with Gasteiger partial charge >= 0.3 is 0 Å². The molecule has 0 aromatic rings. The Kier molecular flexibility index (Phi) is 2.88. The van der Waals surface area contributed by atoms with E-state index < -0.39 is 0 Å². The minimum atomic E-state index is 0.103. The summed E-state index contributed by atoms with van der Waals surface area (Å²) in [7, 11) is 0. The molecule has 2 rings (SSSR count). The Morgan fingerprint density at radius 2 is 2.14 bits per heavy atom. The molecular formula is C9H18N4S. The number of hydrogen-bond acceptors (Lipinski definition) is 3. The van der Waals surface area contributed by atoms with Gasteiger partial charge in [0.05, 0.1) is 0 Å². The SMILES string of the molecule is N=C(N)N[C@H]1CC[C@@H](N2CC(S)C2)C1. The lowest BCUT2D eigenvalue weighted by Crippen LogP contribution is -2.52. The molecule has 1 saturated heterocycles. The molecule has 4 nitrogen and oxygen atoms in total. The van der Waals surface area contributed by atoms with Gasteiger partial charge < -0.3 is 11.1 Å².